The maximum Gasteiger partial charge on any atom is 0.409 e. The standard InChI is InChI=1S/C21H25ClN4O5/c1-3-30-21(29)25-11-9-15(10-12-25)23-17(27)13-31-20(28)18-14(2)24-26(19(18)22)16-7-5-4-6-8-16/h4-8,15H,3,9-13H2,1-2H3,(H,23,27). The third kappa shape index (κ3) is 5.55. The molecule has 1 aromatic heterocycles. The van der Waals surface area contributed by atoms with E-state index < -0.39 is 18.5 Å². The second-order valence-corrected chi connectivity index (χ2v) is 7.46. The lowest BCUT2D eigenvalue weighted by molar-refractivity contribution is -0.125. The van der Waals surface area contributed by atoms with Crippen LogP contribution in [-0.2, 0) is 14.3 Å². The van der Waals surface area contributed by atoms with E-state index in [1.807, 2.05) is 30.3 Å². The zero-order valence-corrected chi connectivity index (χ0v) is 18.2. The first-order valence-corrected chi connectivity index (χ1v) is 10.5. The molecule has 0 bridgehead atoms. The summed E-state index contributed by atoms with van der Waals surface area (Å²) in [6.45, 7) is 4.30. The van der Waals surface area contributed by atoms with Crippen LogP contribution in [0.25, 0.3) is 5.69 Å². The molecule has 0 aliphatic carbocycles. The van der Waals surface area contributed by atoms with Crippen LogP contribution in [0.15, 0.2) is 30.3 Å². The molecule has 0 saturated carbocycles. The van der Waals surface area contributed by atoms with Crippen molar-refractivity contribution in [2.24, 2.45) is 0 Å². The van der Waals surface area contributed by atoms with Crippen LogP contribution in [0.1, 0.15) is 35.8 Å². The van der Waals surface area contributed by atoms with Crippen molar-refractivity contribution in [3.05, 3.63) is 46.7 Å². The number of nitrogens with zero attached hydrogens (tertiary/aromatic N) is 3. The number of carbonyl (C=O) groups is 3. The van der Waals surface area contributed by atoms with Crippen molar-refractivity contribution < 1.29 is 23.9 Å². The first-order chi connectivity index (χ1) is 14.9. The molecule has 31 heavy (non-hydrogen) atoms. The summed E-state index contributed by atoms with van der Waals surface area (Å²) in [4.78, 5) is 38.1. The molecule has 9 nitrogen and oxygen atoms in total. The lowest BCUT2D eigenvalue weighted by atomic mass is 10.1. The Balaban J connectivity index is 1.51. The molecule has 10 heteroatoms. The number of likely N-dealkylation sites (tertiary alicyclic amines) is 1. The van der Waals surface area contributed by atoms with Gasteiger partial charge in [-0.05, 0) is 38.8 Å². The number of para-hydroxylation sites is 1. The van der Waals surface area contributed by atoms with Crippen LogP contribution in [0, 0.1) is 6.92 Å². The number of nitrogens with one attached hydrogen (secondary N) is 1. The molecule has 1 N–H and O–H groups in total. The molecule has 2 heterocycles. The number of halogens is 1. The fourth-order valence-corrected chi connectivity index (χ4v) is 3.71. The van der Waals surface area contributed by atoms with E-state index in [4.69, 9.17) is 21.1 Å². The Hall–Kier alpha value is -3.07. The molecule has 166 valence electrons. The van der Waals surface area contributed by atoms with Gasteiger partial charge in [-0.1, -0.05) is 29.8 Å². The molecule has 2 amide bonds. The average Bonchev–Trinajstić information content (AvgIpc) is 3.07. The SMILES string of the molecule is CCOC(=O)N1CCC(NC(=O)COC(=O)c2c(C)nn(-c3ccccc3)c2Cl)CC1. The number of hydrogen-bond donors (Lipinski definition) is 1. The Morgan fingerprint density at radius 2 is 1.84 bits per heavy atom. The largest absolute Gasteiger partial charge is 0.452 e. The maximum atomic E-state index is 12.5. The summed E-state index contributed by atoms with van der Waals surface area (Å²) in [6, 6.07) is 9.07. The van der Waals surface area contributed by atoms with Gasteiger partial charge in [0.05, 0.1) is 18.0 Å². The zero-order valence-electron chi connectivity index (χ0n) is 17.5. The number of piperidine rings is 1. The van der Waals surface area contributed by atoms with E-state index >= 15 is 0 Å². The highest BCUT2D eigenvalue weighted by Gasteiger charge is 2.26. The van der Waals surface area contributed by atoms with Gasteiger partial charge in [-0.3, -0.25) is 4.79 Å². The molecule has 1 aliphatic heterocycles. The lowest BCUT2D eigenvalue weighted by Crippen LogP contribution is -2.47. The number of aryl methyl sites for hydroxylation is 1. The fourth-order valence-electron chi connectivity index (χ4n) is 3.37. The molecule has 1 aliphatic rings. The van der Waals surface area contributed by atoms with Crippen LogP contribution >= 0.6 is 11.6 Å². The molecule has 0 radical (unpaired) electrons. The highest BCUT2D eigenvalue weighted by Crippen LogP contribution is 2.24. The van der Waals surface area contributed by atoms with Crippen molar-refractivity contribution in [3.8, 4) is 5.69 Å². The number of aromatic nitrogens is 2. The van der Waals surface area contributed by atoms with E-state index in [1.54, 1.807) is 18.7 Å². The van der Waals surface area contributed by atoms with Crippen molar-refractivity contribution in [3.63, 3.8) is 0 Å². The molecule has 3 rings (SSSR count). The summed E-state index contributed by atoms with van der Waals surface area (Å²) in [6.07, 6.45) is 0.866. The summed E-state index contributed by atoms with van der Waals surface area (Å²) in [5, 5.41) is 7.25. The molecule has 0 spiro atoms. The Morgan fingerprint density at radius 1 is 1.16 bits per heavy atom. The van der Waals surface area contributed by atoms with Gasteiger partial charge < -0.3 is 19.7 Å². The number of carbonyl (C=O) groups excluding carboxylic acids is 3. The van der Waals surface area contributed by atoms with Gasteiger partial charge in [0.2, 0.25) is 0 Å². The number of benzene rings is 1. The Labute approximate surface area is 185 Å². The van der Waals surface area contributed by atoms with E-state index in [-0.39, 0.29) is 22.9 Å². The number of amides is 2. The van der Waals surface area contributed by atoms with E-state index in [1.165, 1.54) is 4.68 Å². The predicted octanol–water partition coefficient (Wildman–Crippen LogP) is 2.73. The normalized spacial score (nSPS) is 14.2. The smallest absolute Gasteiger partial charge is 0.409 e. The van der Waals surface area contributed by atoms with Crippen LogP contribution in [0.5, 0.6) is 0 Å². The minimum atomic E-state index is -0.711. The Morgan fingerprint density at radius 3 is 2.48 bits per heavy atom. The van der Waals surface area contributed by atoms with E-state index in [9.17, 15) is 14.4 Å². The van der Waals surface area contributed by atoms with Crippen LogP contribution < -0.4 is 5.32 Å². The molecule has 1 aromatic carbocycles. The highest BCUT2D eigenvalue weighted by molar-refractivity contribution is 6.33. The van der Waals surface area contributed by atoms with Gasteiger partial charge in [0.25, 0.3) is 5.91 Å². The summed E-state index contributed by atoms with van der Waals surface area (Å²) < 4.78 is 11.6. The Bertz CT molecular complexity index is 939. The topological polar surface area (TPSA) is 103 Å². The number of esters is 1. The van der Waals surface area contributed by atoms with Crippen molar-refractivity contribution in [2.45, 2.75) is 32.7 Å². The predicted molar refractivity (Wildman–Crippen MR) is 113 cm³/mol. The van der Waals surface area contributed by atoms with Gasteiger partial charge in [0, 0.05) is 19.1 Å². The van der Waals surface area contributed by atoms with Gasteiger partial charge in [-0.25, -0.2) is 14.3 Å². The summed E-state index contributed by atoms with van der Waals surface area (Å²) in [7, 11) is 0. The van der Waals surface area contributed by atoms with Crippen molar-refractivity contribution in [2.75, 3.05) is 26.3 Å². The summed E-state index contributed by atoms with van der Waals surface area (Å²) >= 11 is 6.35. The van der Waals surface area contributed by atoms with E-state index in [2.05, 4.69) is 10.4 Å². The third-order valence-corrected chi connectivity index (χ3v) is 5.28. The molecular formula is C21H25ClN4O5. The molecular weight excluding hydrogens is 424 g/mol. The number of hydrogen-bond acceptors (Lipinski definition) is 6. The minimum absolute atomic E-state index is 0.0944. The first kappa shape index (κ1) is 22.6. The Kier molecular flexibility index (Phi) is 7.51. The van der Waals surface area contributed by atoms with Crippen molar-refractivity contribution in [1.29, 1.82) is 0 Å². The zero-order chi connectivity index (χ0) is 22.4. The summed E-state index contributed by atoms with van der Waals surface area (Å²) in [5.41, 5.74) is 1.24. The maximum absolute atomic E-state index is 12.5. The monoisotopic (exact) mass is 448 g/mol. The van der Waals surface area contributed by atoms with E-state index in [0.29, 0.717) is 43.9 Å². The average molecular weight is 449 g/mol. The summed E-state index contributed by atoms with van der Waals surface area (Å²) in [5.74, 6) is -1.12. The number of ether oxygens (including phenoxy) is 2. The molecule has 1 saturated heterocycles. The lowest BCUT2D eigenvalue weighted by Gasteiger charge is -2.31. The van der Waals surface area contributed by atoms with Crippen molar-refractivity contribution in [1.82, 2.24) is 20.0 Å². The molecule has 0 atom stereocenters. The second kappa shape index (κ2) is 10.3. The molecule has 2 aromatic rings. The van der Waals surface area contributed by atoms with Gasteiger partial charge in [0.1, 0.15) is 10.7 Å². The van der Waals surface area contributed by atoms with Gasteiger partial charge in [-0.15, -0.1) is 0 Å². The van der Waals surface area contributed by atoms with E-state index in [0.717, 1.165) is 0 Å². The number of rotatable bonds is 6. The highest BCUT2D eigenvalue weighted by atomic mass is 35.5. The van der Waals surface area contributed by atoms with Gasteiger partial charge in [-0.2, -0.15) is 5.10 Å². The second-order valence-electron chi connectivity index (χ2n) is 7.10. The van der Waals surface area contributed by atoms with Crippen molar-refractivity contribution >= 4 is 29.6 Å². The van der Waals surface area contributed by atoms with Gasteiger partial charge >= 0.3 is 12.1 Å². The van der Waals surface area contributed by atoms with Crippen LogP contribution in [-0.4, -0.2) is 65.0 Å². The van der Waals surface area contributed by atoms with Gasteiger partial charge in [0.15, 0.2) is 6.61 Å². The molecule has 1 fully saturated rings. The third-order valence-electron chi connectivity index (χ3n) is 4.93. The minimum Gasteiger partial charge on any atom is -0.452 e. The van der Waals surface area contributed by atoms with Crippen LogP contribution in [0.4, 0.5) is 4.79 Å². The quantitative estimate of drug-likeness (QED) is 0.681. The fraction of sp³-hybridized carbons (Fsp3) is 0.429. The first-order valence-electron chi connectivity index (χ1n) is 10.1. The molecule has 0 unspecified atom stereocenters. The van der Waals surface area contributed by atoms with Crippen LogP contribution in [0.2, 0.25) is 5.15 Å². The van der Waals surface area contributed by atoms with Crippen LogP contribution in [0.3, 0.4) is 0 Å².